The number of likely N-dealkylation sites (tertiary alicyclic amines) is 1. The summed E-state index contributed by atoms with van der Waals surface area (Å²) in [5.41, 5.74) is 1.38. The number of piperidine rings is 1. The molecule has 1 aliphatic rings. The van der Waals surface area contributed by atoms with Gasteiger partial charge in [0, 0.05) is 19.6 Å². The molecule has 0 radical (unpaired) electrons. The van der Waals surface area contributed by atoms with Gasteiger partial charge in [0.05, 0.1) is 13.1 Å². The van der Waals surface area contributed by atoms with Gasteiger partial charge in [-0.2, -0.15) is 0 Å². The second kappa shape index (κ2) is 10.2. The molecular formula is C20H31N3O2. The summed E-state index contributed by atoms with van der Waals surface area (Å²) in [5, 5.41) is 2.79. The average molecular weight is 345 g/mol. The molecule has 1 N–H and O–H groups in total. The maximum Gasteiger partial charge on any atom is 0.236 e. The largest absolute Gasteiger partial charge is 0.355 e. The van der Waals surface area contributed by atoms with Crippen LogP contribution >= 0.6 is 0 Å². The minimum absolute atomic E-state index is 0.0151. The van der Waals surface area contributed by atoms with Crippen molar-refractivity contribution in [1.82, 2.24) is 15.1 Å². The summed E-state index contributed by atoms with van der Waals surface area (Å²) in [4.78, 5) is 28.1. The molecule has 5 nitrogen and oxygen atoms in total. The maximum atomic E-state index is 12.5. The molecule has 0 bridgehead atoms. The summed E-state index contributed by atoms with van der Waals surface area (Å²) in [6.45, 7) is 7.49. The van der Waals surface area contributed by atoms with Crippen molar-refractivity contribution in [2.45, 2.75) is 33.1 Å². The molecule has 0 saturated carbocycles. The highest BCUT2D eigenvalue weighted by molar-refractivity contribution is 5.81. The van der Waals surface area contributed by atoms with Crippen molar-refractivity contribution in [3.8, 4) is 0 Å². The number of rotatable bonds is 8. The quantitative estimate of drug-likeness (QED) is 0.783. The number of carbonyl (C=O) groups excluding carboxylic acids is 2. The number of hydrogen-bond donors (Lipinski definition) is 1. The minimum atomic E-state index is -0.0151. The van der Waals surface area contributed by atoms with Gasteiger partial charge >= 0.3 is 0 Å². The normalized spacial score (nSPS) is 15.4. The Morgan fingerprint density at radius 2 is 1.80 bits per heavy atom. The van der Waals surface area contributed by atoms with Crippen LogP contribution < -0.4 is 5.32 Å². The third-order valence-electron chi connectivity index (χ3n) is 4.88. The smallest absolute Gasteiger partial charge is 0.236 e. The Morgan fingerprint density at radius 3 is 2.40 bits per heavy atom. The highest BCUT2D eigenvalue weighted by Gasteiger charge is 2.24. The predicted molar refractivity (Wildman–Crippen MR) is 100 cm³/mol. The first-order valence-electron chi connectivity index (χ1n) is 9.43. The maximum absolute atomic E-state index is 12.5. The van der Waals surface area contributed by atoms with Gasteiger partial charge in [-0.1, -0.05) is 37.3 Å². The highest BCUT2D eigenvalue weighted by atomic mass is 16.2. The molecule has 0 atom stereocenters. The van der Waals surface area contributed by atoms with Gasteiger partial charge in [-0.3, -0.25) is 14.5 Å². The molecule has 1 heterocycles. The molecule has 138 valence electrons. The highest BCUT2D eigenvalue weighted by Crippen LogP contribution is 2.21. The van der Waals surface area contributed by atoms with E-state index in [2.05, 4.69) is 29.6 Å². The number of carbonyl (C=O) groups is 2. The molecule has 25 heavy (non-hydrogen) atoms. The SMILES string of the molecule is CCNC(=O)CN(CC)CC(=O)N1CCC(Cc2ccccc2)CC1. The van der Waals surface area contributed by atoms with Gasteiger partial charge in [0.15, 0.2) is 0 Å². The second-order valence-corrected chi connectivity index (χ2v) is 6.77. The molecule has 1 aliphatic heterocycles. The summed E-state index contributed by atoms with van der Waals surface area (Å²) in [6.07, 6.45) is 3.22. The fourth-order valence-electron chi connectivity index (χ4n) is 3.36. The van der Waals surface area contributed by atoms with Crippen LogP contribution in [0, 0.1) is 5.92 Å². The van der Waals surface area contributed by atoms with E-state index in [0.29, 0.717) is 32.1 Å². The van der Waals surface area contributed by atoms with Gasteiger partial charge in [0.2, 0.25) is 11.8 Å². The van der Waals surface area contributed by atoms with Crippen molar-refractivity contribution in [3.63, 3.8) is 0 Å². The molecule has 5 heteroatoms. The molecule has 2 amide bonds. The van der Waals surface area contributed by atoms with E-state index in [1.807, 2.05) is 29.7 Å². The van der Waals surface area contributed by atoms with Crippen molar-refractivity contribution >= 4 is 11.8 Å². The number of benzene rings is 1. The molecular weight excluding hydrogens is 314 g/mol. The van der Waals surface area contributed by atoms with Crippen LogP contribution in [-0.2, 0) is 16.0 Å². The number of nitrogens with zero attached hydrogens (tertiary/aromatic N) is 2. The summed E-state index contributed by atoms with van der Waals surface area (Å²) in [7, 11) is 0. The Bertz CT molecular complexity index is 539. The summed E-state index contributed by atoms with van der Waals surface area (Å²) in [5.74, 6) is 0.784. The lowest BCUT2D eigenvalue weighted by Gasteiger charge is -2.33. The Kier molecular flexibility index (Phi) is 7.92. The van der Waals surface area contributed by atoms with E-state index in [0.717, 1.165) is 32.4 Å². The number of hydrogen-bond acceptors (Lipinski definition) is 3. The molecule has 1 fully saturated rings. The van der Waals surface area contributed by atoms with Crippen LogP contribution in [0.3, 0.4) is 0 Å². The fourth-order valence-corrected chi connectivity index (χ4v) is 3.36. The van der Waals surface area contributed by atoms with Crippen molar-refractivity contribution in [2.24, 2.45) is 5.92 Å². The fraction of sp³-hybridized carbons (Fsp3) is 0.600. The molecule has 0 aliphatic carbocycles. The minimum Gasteiger partial charge on any atom is -0.355 e. The molecule has 1 aromatic rings. The van der Waals surface area contributed by atoms with Crippen LogP contribution in [0.5, 0.6) is 0 Å². The summed E-state index contributed by atoms with van der Waals surface area (Å²) in [6, 6.07) is 10.6. The molecule has 0 spiro atoms. The van der Waals surface area contributed by atoms with Crippen molar-refractivity contribution < 1.29 is 9.59 Å². The number of nitrogens with one attached hydrogen (secondary N) is 1. The van der Waals surface area contributed by atoms with Gasteiger partial charge in [-0.15, -0.1) is 0 Å². The standard InChI is InChI=1S/C20H31N3O2/c1-3-21-19(24)15-22(4-2)16-20(25)23-12-10-18(11-13-23)14-17-8-6-5-7-9-17/h5-9,18H,3-4,10-16H2,1-2H3,(H,21,24). The lowest BCUT2D eigenvalue weighted by Crippen LogP contribution is -2.46. The molecule has 1 saturated heterocycles. The Balaban J connectivity index is 1.75. The van der Waals surface area contributed by atoms with Gasteiger partial charge in [0.25, 0.3) is 0 Å². The summed E-state index contributed by atoms with van der Waals surface area (Å²) < 4.78 is 0. The van der Waals surface area contributed by atoms with Crippen molar-refractivity contribution in [1.29, 1.82) is 0 Å². The van der Waals surface area contributed by atoms with Crippen LogP contribution in [0.1, 0.15) is 32.3 Å². The zero-order chi connectivity index (χ0) is 18.1. The lowest BCUT2D eigenvalue weighted by molar-refractivity contribution is -0.134. The zero-order valence-electron chi connectivity index (χ0n) is 15.5. The van der Waals surface area contributed by atoms with Crippen LogP contribution in [0.2, 0.25) is 0 Å². The van der Waals surface area contributed by atoms with E-state index in [1.165, 1.54) is 5.56 Å². The van der Waals surface area contributed by atoms with E-state index < -0.39 is 0 Å². The topological polar surface area (TPSA) is 52.7 Å². The van der Waals surface area contributed by atoms with E-state index >= 15 is 0 Å². The van der Waals surface area contributed by atoms with E-state index in [-0.39, 0.29) is 11.8 Å². The van der Waals surface area contributed by atoms with E-state index in [9.17, 15) is 9.59 Å². The third kappa shape index (κ3) is 6.50. The Morgan fingerprint density at radius 1 is 1.12 bits per heavy atom. The monoisotopic (exact) mass is 345 g/mol. The Labute approximate surface area is 151 Å². The molecule has 2 rings (SSSR count). The molecule has 0 aromatic heterocycles. The van der Waals surface area contributed by atoms with Gasteiger partial charge < -0.3 is 10.2 Å². The molecule has 0 unspecified atom stereocenters. The van der Waals surface area contributed by atoms with Crippen LogP contribution in [0.4, 0.5) is 0 Å². The van der Waals surface area contributed by atoms with E-state index in [4.69, 9.17) is 0 Å². The zero-order valence-corrected chi connectivity index (χ0v) is 15.5. The predicted octanol–water partition coefficient (Wildman–Crippen LogP) is 1.93. The van der Waals surface area contributed by atoms with Gasteiger partial charge in [-0.05, 0) is 44.2 Å². The average Bonchev–Trinajstić information content (AvgIpc) is 2.62. The van der Waals surface area contributed by atoms with Gasteiger partial charge in [0.1, 0.15) is 0 Å². The molecule has 1 aromatic carbocycles. The Hall–Kier alpha value is -1.88. The first kappa shape index (κ1) is 19.4. The first-order chi connectivity index (χ1) is 12.1. The number of amides is 2. The second-order valence-electron chi connectivity index (χ2n) is 6.77. The van der Waals surface area contributed by atoms with Crippen molar-refractivity contribution in [2.75, 3.05) is 39.3 Å². The number of likely N-dealkylation sites (N-methyl/N-ethyl adjacent to an activating group) is 2. The third-order valence-corrected chi connectivity index (χ3v) is 4.88. The van der Waals surface area contributed by atoms with E-state index in [1.54, 1.807) is 0 Å². The first-order valence-corrected chi connectivity index (χ1v) is 9.43. The van der Waals surface area contributed by atoms with Crippen LogP contribution in [0.15, 0.2) is 30.3 Å². The lowest BCUT2D eigenvalue weighted by atomic mass is 9.90. The van der Waals surface area contributed by atoms with Crippen LogP contribution in [0.25, 0.3) is 0 Å². The summed E-state index contributed by atoms with van der Waals surface area (Å²) >= 11 is 0. The van der Waals surface area contributed by atoms with Crippen molar-refractivity contribution in [3.05, 3.63) is 35.9 Å². The van der Waals surface area contributed by atoms with Gasteiger partial charge in [-0.25, -0.2) is 0 Å². The van der Waals surface area contributed by atoms with Crippen LogP contribution in [-0.4, -0.2) is 60.9 Å².